The Hall–Kier alpha value is -5.43. The van der Waals surface area contributed by atoms with Gasteiger partial charge >= 0.3 is 0 Å². The first-order valence-corrected chi connectivity index (χ1v) is 12.9. The van der Waals surface area contributed by atoms with Crippen LogP contribution < -0.4 is 5.32 Å². The second kappa shape index (κ2) is 10.7. The molecule has 6 aromatic rings. The fraction of sp³-hybridized carbons (Fsp3) is 0.0606. The standard InChI is InChI=1S/C33H27N7/c1-21-10-11-24(26-14-27(18-36-17-26)38-22(2)13-23-7-4-3-5-8-23)15-28(21)31(34)33-39-30-20-37-19-29(32(30)40-33)25-9-6-12-35-16-25/h3-12,14-20,34,38H,2,13H2,1H3,(H,39,40). The summed E-state index contributed by atoms with van der Waals surface area (Å²) in [5.74, 6) is 0.485. The molecule has 2 aromatic carbocycles. The van der Waals surface area contributed by atoms with Crippen LogP contribution in [0, 0.1) is 12.3 Å². The smallest absolute Gasteiger partial charge is 0.157 e. The molecule has 0 aliphatic carbocycles. The molecule has 4 aromatic heterocycles. The third kappa shape index (κ3) is 5.13. The second-order valence-electron chi connectivity index (χ2n) is 9.67. The molecule has 0 saturated heterocycles. The van der Waals surface area contributed by atoms with Gasteiger partial charge in [0.2, 0.25) is 0 Å². The molecule has 0 amide bonds. The van der Waals surface area contributed by atoms with Gasteiger partial charge in [0.1, 0.15) is 11.2 Å². The number of pyridine rings is 3. The number of fused-ring (bicyclic) bond motifs is 1. The average Bonchev–Trinajstić information content (AvgIpc) is 3.43. The SMILES string of the molecule is C=C(Cc1ccccc1)Nc1cncc(-c2ccc(C)c(C(=N)c3nc4c(-c5cccnc5)cncc4[nH]3)c2)c1. The highest BCUT2D eigenvalue weighted by atomic mass is 14.9. The zero-order valence-corrected chi connectivity index (χ0v) is 22.0. The van der Waals surface area contributed by atoms with Crippen LogP contribution in [-0.2, 0) is 6.42 Å². The van der Waals surface area contributed by atoms with Crippen LogP contribution >= 0.6 is 0 Å². The van der Waals surface area contributed by atoms with Crippen LogP contribution in [0.1, 0.15) is 22.5 Å². The molecule has 40 heavy (non-hydrogen) atoms. The van der Waals surface area contributed by atoms with Gasteiger partial charge in [0, 0.05) is 59.2 Å². The summed E-state index contributed by atoms with van der Waals surface area (Å²) >= 11 is 0. The Balaban J connectivity index is 1.28. The van der Waals surface area contributed by atoms with Gasteiger partial charge in [-0.2, -0.15) is 0 Å². The Labute approximate surface area is 232 Å². The van der Waals surface area contributed by atoms with Crippen molar-refractivity contribution in [3.8, 4) is 22.3 Å². The van der Waals surface area contributed by atoms with E-state index in [4.69, 9.17) is 10.4 Å². The molecular weight excluding hydrogens is 494 g/mol. The van der Waals surface area contributed by atoms with E-state index in [2.05, 4.69) is 50.0 Å². The highest BCUT2D eigenvalue weighted by Crippen LogP contribution is 2.28. The average molecular weight is 522 g/mol. The van der Waals surface area contributed by atoms with Crippen molar-refractivity contribution in [3.63, 3.8) is 0 Å². The number of rotatable bonds is 8. The van der Waals surface area contributed by atoms with Gasteiger partial charge in [0.05, 0.1) is 23.6 Å². The molecule has 0 unspecified atom stereocenters. The Morgan fingerprint density at radius 3 is 2.50 bits per heavy atom. The summed E-state index contributed by atoms with van der Waals surface area (Å²) in [5, 5.41) is 12.4. The number of allylic oxidation sites excluding steroid dienone is 1. The molecule has 0 fully saturated rings. The molecule has 0 spiro atoms. The molecule has 0 bridgehead atoms. The Morgan fingerprint density at radius 1 is 0.850 bits per heavy atom. The minimum absolute atomic E-state index is 0.311. The van der Waals surface area contributed by atoms with Crippen LogP contribution in [0.4, 0.5) is 5.69 Å². The quantitative estimate of drug-likeness (QED) is 0.188. The molecule has 3 N–H and O–H groups in total. The van der Waals surface area contributed by atoms with Crippen molar-refractivity contribution in [3.05, 3.63) is 139 Å². The van der Waals surface area contributed by atoms with Crippen molar-refractivity contribution < 1.29 is 0 Å². The number of imidazole rings is 1. The van der Waals surface area contributed by atoms with E-state index in [9.17, 15) is 0 Å². The first-order chi connectivity index (χ1) is 19.5. The topological polar surface area (TPSA) is 103 Å². The maximum atomic E-state index is 9.05. The first kappa shape index (κ1) is 24.9. The molecule has 0 radical (unpaired) electrons. The molecule has 194 valence electrons. The summed E-state index contributed by atoms with van der Waals surface area (Å²) in [4.78, 5) is 21.2. The normalized spacial score (nSPS) is 10.9. The van der Waals surface area contributed by atoms with Crippen LogP contribution in [-0.4, -0.2) is 30.6 Å². The predicted octanol–water partition coefficient (Wildman–Crippen LogP) is 6.97. The number of H-pyrrole nitrogens is 1. The van der Waals surface area contributed by atoms with Gasteiger partial charge in [-0.05, 0) is 41.8 Å². The van der Waals surface area contributed by atoms with Crippen molar-refractivity contribution in [2.45, 2.75) is 13.3 Å². The van der Waals surface area contributed by atoms with Crippen molar-refractivity contribution in [1.29, 1.82) is 5.41 Å². The molecule has 0 aliphatic rings. The summed E-state index contributed by atoms with van der Waals surface area (Å²) in [6, 6.07) is 22.2. The fourth-order valence-electron chi connectivity index (χ4n) is 4.74. The van der Waals surface area contributed by atoms with Crippen LogP contribution in [0.2, 0.25) is 0 Å². The number of anilines is 1. The zero-order valence-electron chi connectivity index (χ0n) is 22.0. The lowest BCUT2D eigenvalue weighted by Gasteiger charge is -2.12. The van der Waals surface area contributed by atoms with Gasteiger partial charge in [-0.15, -0.1) is 0 Å². The largest absolute Gasteiger partial charge is 0.358 e. The van der Waals surface area contributed by atoms with E-state index in [1.807, 2.05) is 61.7 Å². The molecule has 6 rings (SSSR count). The third-order valence-corrected chi connectivity index (χ3v) is 6.76. The number of hydrogen-bond donors (Lipinski definition) is 3. The number of hydrogen-bond acceptors (Lipinski definition) is 6. The lowest BCUT2D eigenvalue weighted by molar-refractivity contribution is 1.15. The number of nitrogens with zero attached hydrogens (tertiary/aromatic N) is 4. The summed E-state index contributed by atoms with van der Waals surface area (Å²) in [7, 11) is 0. The van der Waals surface area contributed by atoms with E-state index >= 15 is 0 Å². The Bertz CT molecular complexity index is 1840. The van der Waals surface area contributed by atoms with Crippen LogP contribution in [0.15, 0.2) is 116 Å². The lowest BCUT2D eigenvalue weighted by atomic mass is 9.97. The fourth-order valence-corrected chi connectivity index (χ4v) is 4.74. The summed E-state index contributed by atoms with van der Waals surface area (Å²) in [6.45, 7) is 6.19. The molecule has 0 aliphatic heterocycles. The van der Waals surface area contributed by atoms with Crippen LogP contribution in [0.5, 0.6) is 0 Å². The summed E-state index contributed by atoms with van der Waals surface area (Å²) in [5.41, 5.74) is 10.3. The highest BCUT2D eigenvalue weighted by Gasteiger charge is 2.16. The van der Waals surface area contributed by atoms with E-state index in [1.165, 1.54) is 5.56 Å². The molecule has 4 heterocycles. The predicted molar refractivity (Wildman–Crippen MR) is 160 cm³/mol. The van der Waals surface area contributed by atoms with Crippen molar-refractivity contribution in [2.24, 2.45) is 0 Å². The van der Waals surface area contributed by atoms with E-state index in [0.29, 0.717) is 11.5 Å². The van der Waals surface area contributed by atoms with Gasteiger partial charge in [-0.25, -0.2) is 4.98 Å². The zero-order chi connectivity index (χ0) is 27.5. The number of benzene rings is 2. The van der Waals surface area contributed by atoms with Crippen molar-refractivity contribution in [1.82, 2.24) is 24.9 Å². The Morgan fingerprint density at radius 2 is 1.68 bits per heavy atom. The third-order valence-electron chi connectivity index (χ3n) is 6.76. The van der Waals surface area contributed by atoms with Crippen molar-refractivity contribution in [2.75, 3.05) is 5.32 Å². The first-order valence-electron chi connectivity index (χ1n) is 12.9. The number of aromatic nitrogens is 5. The van der Waals surface area contributed by atoms with Crippen molar-refractivity contribution >= 4 is 22.4 Å². The van der Waals surface area contributed by atoms with Gasteiger partial charge < -0.3 is 10.3 Å². The van der Waals surface area contributed by atoms with E-state index in [-0.39, 0.29) is 0 Å². The number of aryl methyl sites for hydroxylation is 1. The minimum atomic E-state index is 0.311. The van der Waals surface area contributed by atoms with Gasteiger partial charge in [-0.1, -0.05) is 55.1 Å². The van der Waals surface area contributed by atoms with E-state index in [0.717, 1.165) is 62.2 Å². The molecular formula is C33H27N7. The van der Waals surface area contributed by atoms with Gasteiger partial charge in [-0.3, -0.25) is 20.4 Å². The maximum absolute atomic E-state index is 9.05. The van der Waals surface area contributed by atoms with Gasteiger partial charge in [0.25, 0.3) is 0 Å². The Kier molecular flexibility index (Phi) is 6.68. The summed E-state index contributed by atoms with van der Waals surface area (Å²) < 4.78 is 0. The lowest BCUT2D eigenvalue weighted by Crippen LogP contribution is -2.06. The molecule has 7 heteroatoms. The highest BCUT2D eigenvalue weighted by molar-refractivity contribution is 6.11. The second-order valence-corrected chi connectivity index (χ2v) is 9.67. The maximum Gasteiger partial charge on any atom is 0.157 e. The van der Waals surface area contributed by atoms with Crippen LogP contribution in [0.25, 0.3) is 33.3 Å². The number of nitrogens with one attached hydrogen (secondary N) is 3. The molecule has 0 atom stereocenters. The van der Waals surface area contributed by atoms with E-state index < -0.39 is 0 Å². The van der Waals surface area contributed by atoms with Gasteiger partial charge in [0.15, 0.2) is 5.82 Å². The van der Waals surface area contributed by atoms with E-state index in [1.54, 1.807) is 31.0 Å². The minimum Gasteiger partial charge on any atom is -0.358 e. The number of aromatic amines is 1. The summed E-state index contributed by atoms with van der Waals surface area (Å²) in [6.07, 6.45) is 11.4. The molecule has 7 nitrogen and oxygen atoms in total. The monoisotopic (exact) mass is 521 g/mol. The molecule has 0 saturated carbocycles. The van der Waals surface area contributed by atoms with Crippen LogP contribution in [0.3, 0.4) is 0 Å².